The molecule has 11 heteroatoms. The number of rotatable bonds is 6. The molecule has 1 amide bonds. The molecule has 2 aromatic carbocycles. The van der Waals surface area contributed by atoms with Gasteiger partial charge < -0.3 is 14.6 Å². The molecule has 1 aliphatic heterocycles. The van der Waals surface area contributed by atoms with Crippen molar-refractivity contribution in [1.29, 1.82) is 5.26 Å². The third-order valence-electron chi connectivity index (χ3n) is 8.45. The molecule has 2 heterocycles. The quantitative estimate of drug-likeness (QED) is 0.400. The van der Waals surface area contributed by atoms with Gasteiger partial charge in [0.05, 0.1) is 28.2 Å². The Morgan fingerprint density at radius 3 is 2.51 bits per heavy atom. The van der Waals surface area contributed by atoms with E-state index < -0.39 is 27.1 Å². The molecule has 0 bridgehead atoms. The molecule has 3 aliphatic rings. The number of halogens is 2. The molecule has 2 saturated carbocycles. The Morgan fingerprint density at radius 1 is 1.12 bits per heavy atom. The van der Waals surface area contributed by atoms with Gasteiger partial charge in [-0.15, -0.1) is 0 Å². The van der Waals surface area contributed by atoms with Crippen LogP contribution in [0.4, 0.5) is 10.1 Å². The lowest BCUT2D eigenvalue weighted by molar-refractivity contribution is -0.127. The fourth-order valence-electron chi connectivity index (χ4n) is 5.85. The molecule has 0 radical (unpaired) electrons. The molecule has 3 fully saturated rings. The van der Waals surface area contributed by atoms with Crippen molar-refractivity contribution in [2.24, 2.45) is 5.92 Å². The maximum atomic E-state index is 15.0. The van der Waals surface area contributed by atoms with Crippen LogP contribution in [-0.4, -0.2) is 49.4 Å². The van der Waals surface area contributed by atoms with Gasteiger partial charge in [0.25, 0.3) is 0 Å². The summed E-state index contributed by atoms with van der Waals surface area (Å²) >= 11 is 6.06. The first kappa shape index (κ1) is 27.7. The number of oxazole rings is 1. The molecular weight excluding hydrogens is 567 g/mol. The molecule has 2 aliphatic carbocycles. The van der Waals surface area contributed by atoms with E-state index in [1.165, 1.54) is 6.07 Å². The first-order valence-corrected chi connectivity index (χ1v) is 16.1. The second kappa shape index (κ2) is 10.8. The first-order valence-electron chi connectivity index (χ1n) is 13.9. The number of sulfone groups is 1. The normalized spacial score (nSPS) is 23.0. The number of nitriles is 1. The fourth-order valence-corrected chi connectivity index (χ4v) is 7.23. The third kappa shape index (κ3) is 5.57. The number of anilines is 1. The standard InChI is InChI=1S/C30H30ClFN4O4S/c31-24-7-3-6-23(25(24)32)29-34-26(19-8-10-20(11-9-19)36-14-16-41(38,39)17-15-36)27(40-29)21-4-1-2-5-22(21)28(37)35-30(18-33)12-13-30/h3,6-11,21-22H,1-2,4-5,12-17H2,(H,35,37). The van der Waals surface area contributed by atoms with Gasteiger partial charge in [-0.3, -0.25) is 4.79 Å². The summed E-state index contributed by atoms with van der Waals surface area (Å²) in [6.07, 6.45) is 4.41. The van der Waals surface area contributed by atoms with Crippen molar-refractivity contribution < 1.29 is 22.0 Å². The average molecular weight is 597 g/mol. The maximum Gasteiger partial charge on any atom is 0.229 e. The van der Waals surface area contributed by atoms with Crippen LogP contribution >= 0.6 is 11.6 Å². The topological polar surface area (TPSA) is 116 Å². The SMILES string of the molecule is N#CC1(NC(=O)C2CCCCC2c2oc(-c3cccc(Cl)c3F)nc2-c2ccc(N3CCS(=O)(=O)CC3)cc2)CC1. The Bertz CT molecular complexity index is 1610. The zero-order chi connectivity index (χ0) is 28.8. The van der Waals surface area contributed by atoms with Gasteiger partial charge in [0.15, 0.2) is 15.7 Å². The Morgan fingerprint density at radius 2 is 1.83 bits per heavy atom. The number of aromatic nitrogens is 1. The summed E-state index contributed by atoms with van der Waals surface area (Å²) in [4.78, 5) is 20.2. The highest BCUT2D eigenvalue weighted by Crippen LogP contribution is 2.45. The number of hydrogen-bond donors (Lipinski definition) is 1. The molecule has 8 nitrogen and oxygen atoms in total. The Kier molecular flexibility index (Phi) is 7.28. The lowest BCUT2D eigenvalue weighted by Gasteiger charge is -2.30. The van der Waals surface area contributed by atoms with E-state index in [0.717, 1.165) is 24.1 Å². The summed E-state index contributed by atoms with van der Waals surface area (Å²) in [7, 11) is -3.00. The summed E-state index contributed by atoms with van der Waals surface area (Å²) in [5, 5.41) is 12.4. The van der Waals surface area contributed by atoms with Crippen molar-refractivity contribution in [3.63, 3.8) is 0 Å². The zero-order valence-electron chi connectivity index (χ0n) is 22.4. The van der Waals surface area contributed by atoms with Crippen LogP contribution in [0.3, 0.4) is 0 Å². The van der Waals surface area contributed by atoms with Crippen molar-refractivity contribution in [3.05, 3.63) is 59.1 Å². The van der Waals surface area contributed by atoms with Crippen LogP contribution in [0.2, 0.25) is 5.02 Å². The van der Waals surface area contributed by atoms with Gasteiger partial charge in [0, 0.05) is 36.2 Å². The largest absolute Gasteiger partial charge is 0.440 e. The smallest absolute Gasteiger partial charge is 0.229 e. The summed E-state index contributed by atoms with van der Waals surface area (Å²) in [5.41, 5.74) is 1.52. The van der Waals surface area contributed by atoms with Gasteiger partial charge >= 0.3 is 0 Å². The van der Waals surface area contributed by atoms with E-state index in [0.29, 0.717) is 50.2 Å². The molecule has 1 saturated heterocycles. The summed E-state index contributed by atoms with van der Waals surface area (Å²) < 4.78 is 45.1. The number of nitrogens with one attached hydrogen (secondary N) is 1. The molecule has 6 rings (SSSR count). The fraction of sp³-hybridized carbons (Fsp3) is 0.433. The molecule has 2 atom stereocenters. The molecule has 41 heavy (non-hydrogen) atoms. The number of carbonyl (C=O) groups excluding carboxylic acids is 1. The molecule has 2 unspecified atom stereocenters. The summed E-state index contributed by atoms with van der Waals surface area (Å²) in [6.45, 7) is 0.857. The first-order chi connectivity index (χ1) is 19.7. The van der Waals surface area contributed by atoms with Crippen LogP contribution < -0.4 is 10.2 Å². The van der Waals surface area contributed by atoms with E-state index in [1.54, 1.807) is 12.1 Å². The molecular formula is C30H30ClFN4O4S. The van der Waals surface area contributed by atoms with E-state index >= 15 is 4.39 Å². The summed E-state index contributed by atoms with van der Waals surface area (Å²) in [6, 6.07) is 14.5. The van der Waals surface area contributed by atoms with Crippen LogP contribution in [0.15, 0.2) is 46.9 Å². The van der Waals surface area contributed by atoms with Gasteiger partial charge in [-0.2, -0.15) is 5.26 Å². The van der Waals surface area contributed by atoms with E-state index in [-0.39, 0.29) is 39.8 Å². The highest BCUT2D eigenvalue weighted by Gasteiger charge is 2.47. The van der Waals surface area contributed by atoms with Crippen molar-refractivity contribution >= 4 is 33.0 Å². The molecule has 3 aromatic rings. The number of carbonyl (C=O) groups is 1. The van der Waals surface area contributed by atoms with Crippen molar-refractivity contribution in [2.45, 2.75) is 50.0 Å². The van der Waals surface area contributed by atoms with Gasteiger partial charge in [0.1, 0.15) is 17.0 Å². The second-order valence-electron chi connectivity index (χ2n) is 11.2. The maximum absolute atomic E-state index is 15.0. The molecule has 1 N–H and O–H groups in total. The van der Waals surface area contributed by atoms with Gasteiger partial charge in [-0.1, -0.05) is 42.6 Å². The predicted octanol–water partition coefficient (Wildman–Crippen LogP) is 5.48. The minimum Gasteiger partial charge on any atom is -0.440 e. The van der Waals surface area contributed by atoms with Crippen LogP contribution in [0.25, 0.3) is 22.7 Å². The van der Waals surface area contributed by atoms with Crippen LogP contribution in [-0.2, 0) is 14.6 Å². The number of nitrogens with zero attached hydrogens (tertiary/aromatic N) is 3. The Labute approximate surface area is 243 Å². The molecule has 1 aromatic heterocycles. The number of benzene rings is 2. The van der Waals surface area contributed by atoms with Crippen LogP contribution in [0.5, 0.6) is 0 Å². The van der Waals surface area contributed by atoms with Gasteiger partial charge in [-0.25, -0.2) is 17.8 Å². The van der Waals surface area contributed by atoms with Crippen LogP contribution in [0, 0.1) is 23.1 Å². The predicted molar refractivity (Wildman–Crippen MR) is 154 cm³/mol. The van der Waals surface area contributed by atoms with E-state index in [9.17, 15) is 18.5 Å². The number of amides is 1. The van der Waals surface area contributed by atoms with E-state index in [4.69, 9.17) is 21.0 Å². The number of hydrogen-bond acceptors (Lipinski definition) is 7. The Hall–Kier alpha value is -3.42. The second-order valence-corrected chi connectivity index (χ2v) is 13.9. The molecule has 0 spiro atoms. The Balaban J connectivity index is 1.37. The zero-order valence-corrected chi connectivity index (χ0v) is 24.0. The lowest BCUT2D eigenvalue weighted by Crippen LogP contribution is -2.42. The van der Waals surface area contributed by atoms with Gasteiger partial charge in [-0.05, 0) is 49.9 Å². The van der Waals surface area contributed by atoms with E-state index in [1.807, 2.05) is 29.2 Å². The average Bonchev–Trinajstić information content (AvgIpc) is 3.61. The van der Waals surface area contributed by atoms with Crippen LogP contribution in [0.1, 0.15) is 50.2 Å². The highest BCUT2D eigenvalue weighted by molar-refractivity contribution is 7.91. The molecule has 214 valence electrons. The van der Waals surface area contributed by atoms with E-state index in [2.05, 4.69) is 11.4 Å². The van der Waals surface area contributed by atoms with Crippen molar-refractivity contribution in [1.82, 2.24) is 10.3 Å². The van der Waals surface area contributed by atoms with Crippen molar-refractivity contribution in [2.75, 3.05) is 29.5 Å². The summed E-state index contributed by atoms with van der Waals surface area (Å²) in [5.74, 6) is -0.673. The van der Waals surface area contributed by atoms with Gasteiger partial charge in [0.2, 0.25) is 11.8 Å². The minimum absolute atomic E-state index is 0.0437. The van der Waals surface area contributed by atoms with Crippen molar-refractivity contribution in [3.8, 4) is 28.8 Å². The monoisotopic (exact) mass is 596 g/mol. The third-order valence-corrected chi connectivity index (χ3v) is 10.4. The highest BCUT2D eigenvalue weighted by atomic mass is 35.5. The minimum atomic E-state index is -3.00. The lowest BCUT2D eigenvalue weighted by atomic mass is 9.76.